The SMILES string of the molecule is CCOCCOCC(O)CNc1c(C)cccc1Cl. The summed E-state index contributed by atoms with van der Waals surface area (Å²) in [5.74, 6) is 0. The number of halogens is 1. The van der Waals surface area contributed by atoms with E-state index in [1.54, 1.807) is 0 Å². The van der Waals surface area contributed by atoms with Crippen molar-refractivity contribution >= 4 is 17.3 Å². The second-order valence-corrected chi connectivity index (χ2v) is 4.65. The molecule has 1 aromatic carbocycles. The minimum Gasteiger partial charge on any atom is -0.389 e. The second kappa shape index (κ2) is 9.15. The normalized spacial score (nSPS) is 12.4. The number of aliphatic hydroxyl groups excluding tert-OH is 1. The molecule has 19 heavy (non-hydrogen) atoms. The molecule has 1 atom stereocenters. The fraction of sp³-hybridized carbons (Fsp3) is 0.571. The lowest BCUT2D eigenvalue weighted by Gasteiger charge is -2.15. The summed E-state index contributed by atoms with van der Waals surface area (Å²) in [5, 5.41) is 13.6. The van der Waals surface area contributed by atoms with Crippen molar-refractivity contribution in [1.29, 1.82) is 0 Å². The summed E-state index contributed by atoms with van der Waals surface area (Å²) in [6.45, 7) is 6.32. The molecule has 0 aromatic heterocycles. The van der Waals surface area contributed by atoms with Crippen LogP contribution in [0.4, 0.5) is 5.69 Å². The molecule has 0 amide bonds. The largest absolute Gasteiger partial charge is 0.389 e. The molecule has 1 unspecified atom stereocenters. The van der Waals surface area contributed by atoms with Crippen LogP contribution in [0.1, 0.15) is 12.5 Å². The number of ether oxygens (including phenoxy) is 2. The lowest BCUT2D eigenvalue weighted by molar-refractivity contribution is 0.0103. The number of aryl methyl sites for hydroxylation is 1. The van der Waals surface area contributed by atoms with Crippen LogP contribution >= 0.6 is 11.6 Å². The minimum atomic E-state index is -0.572. The van der Waals surface area contributed by atoms with Gasteiger partial charge in [-0.15, -0.1) is 0 Å². The van der Waals surface area contributed by atoms with E-state index in [1.807, 2.05) is 32.0 Å². The first-order valence-electron chi connectivity index (χ1n) is 6.47. The fourth-order valence-corrected chi connectivity index (χ4v) is 1.90. The van der Waals surface area contributed by atoms with Gasteiger partial charge in [0.05, 0.1) is 36.6 Å². The molecule has 4 nitrogen and oxygen atoms in total. The van der Waals surface area contributed by atoms with Crippen molar-refractivity contribution in [1.82, 2.24) is 0 Å². The molecule has 0 saturated carbocycles. The number of nitrogens with one attached hydrogen (secondary N) is 1. The van der Waals surface area contributed by atoms with Gasteiger partial charge in [-0.3, -0.25) is 0 Å². The van der Waals surface area contributed by atoms with E-state index in [-0.39, 0.29) is 6.61 Å². The summed E-state index contributed by atoms with van der Waals surface area (Å²) in [6, 6.07) is 5.69. The first kappa shape index (κ1) is 16.2. The molecule has 1 aromatic rings. The maximum absolute atomic E-state index is 9.78. The lowest BCUT2D eigenvalue weighted by atomic mass is 10.2. The summed E-state index contributed by atoms with van der Waals surface area (Å²) < 4.78 is 10.4. The minimum absolute atomic E-state index is 0.281. The molecule has 0 aliphatic carbocycles. The number of benzene rings is 1. The van der Waals surface area contributed by atoms with Crippen molar-refractivity contribution in [2.75, 3.05) is 38.3 Å². The molecule has 0 fully saturated rings. The third-order valence-corrected chi connectivity index (χ3v) is 2.94. The zero-order chi connectivity index (χ0) is 14.1. The van der Waals surface area contributed by atoms with E-state index in [0.29, 0.717) is 31.4 Å². The highest BCUT2D eigenvalue weighted by Gasteiger charge is 2.07. The Kier molecular flexibility index (Phi) is 7.82. The molecule has 108 valence electrons. The van der Waals surface area contributed by atoms with Gasteiger partial charge in [-0.1, -0.05) is 23.7 Å². The zero-order valence-electron chi connectivity index (χ0n) is 11.5. The van der Waals surface area contributed by atoms with Crippen molar-refractivity contribution < 1.29 is 14.6 Å². The van der Waals surface area contributed by atoms with E-state index in [1.165, 1.54) is 0 Å². The van der Waals surface area contributed by atoms with Gasteiger partial charge in [0.2, 0.25) is 0 Å². The first-order valence-corrected chi connectivity index (χ1v) is 6.85. The van der Waals surface area contributed by atoms with E-state index in [2.05, 4.69) is 5.32 Å². The number of para-hydroxylation sites is 1. The Labute approximate surface area is 119 Å². The van der Waals surface area contributed by atoms with Crippen LogP contribution in [0, 0.1) is 6.92 Å². The van der Waals surface area contributed by atoms with Gasteiger partial charge in [-0.05, 0) is 25.5 Å². The number of hydrogen-bond acceptors (Lipinski definition) is 4. The van der Waals surface area contributed by atoms with Crippen LogP contribution in [0.15, 0.2) is 18.2 Å². The van der Waals surface area contributed by atoms with Gasteiger partial charge in [0.1, 0.15) is 0 Å². The van der Waals surface area contributed by atoms with Crippen molar-refractivity contribution in [3.8, 4) is 0 Å². The van der Waals surface area contributed by atoms with Crippen LogP contribution in [0.5, 0.6) is 0 Å². The Morgan fingerprint density at radius 3 is 2.74 bits per heavy atom. The van der Waals surface area contributed by atoms with Crippen molar-refractivity contribution in [3.63, 3.8) is 0 Å². The number of anilines is 1. The van der Waals surface area contributed by atoms with Crippen LogP contribution in [0.2, 0.25) is 5.02 Å². The molecular formula is C14H22ClNO3. The summed E-state index contributed by atoms with van der Waals surface area (Å²) >= 11 is 6.08. The Bertz CT molecular complexity index is 353. The second-order valence-electron chi connectivity index (χ2n) is 4.24. The first-order chi connectivity index (χ1) is 9.15. The van der Waals surface area contributed by atoms with E-state index in [0.717, 1.165) is 11.3 Å². The lowest BCUT2D eigenvalue weighted by Crippen LogP contribution is -2.26. The molecule has 1 rings (SSSR count). The van der Waals surface area contributed by atoms with Gasteiger partial charge in [0.15, 0.2) is 0 Å². The molecule has 0 spiro atoms. The maximum Gasteiger partial charge on any atom is 0.0945 e. The zero-order valence-corrected chi connectivity index (χ0v) is 12.2. The van der Waals surface area contributed by atoms with Gasteiger partial charge < -0.3 is 19.9 Å². The Balaban J connectivity index is 2.24. The number of hydrogen-bond donors (Lipinski definition) is 2. The van der Waals surface area contributed by atoms with Crippen LogP contribution in [0.3, 0.4) is 0 Å². The van der Waals surface area contributed by atoms with Crippen LogP contribution < -0.4 is 5.32 Å². The molecule has 5 heteroatoms. The summed E-state index contributed by atoms with van der Waals surface area (Å²) in [7, 11) is 0. The molecule has 0 radical (unpaired) electrons. The topological polar surface area (TPSA) is 50.7 Å². The molecule has 0 aliphatic rings. The quantitative estimate of drug-likeness (QED) is 0.685. The van der Waals surface area contributed by atoms with Crippen molar-refractivity contribution in [2.45, 2.75) is 20.0 Å². The van der Waals surface area contributed by atoms with Crippen LogP contribution in [0.25, 0.3) is 0 Å². The molecule has 0 heterocycles. The third kappa shape index (κ3) is 6.25. The average molecular weight is 288 g/mol. The number of rotatable bonds is 9. The van der Waals surface area contributed by atoms with Crippen molar-refractivity contribution in [3.05, 3.63) is 28.8 Å². The molecule has 0 saturated heterocycles. The molecule has 0 bridgehead atoms. The smallest absolute Gasteiger partial charge is 0.0945 e. The van der Waals surface area contributed by atoms with Gasteiger partial charge in [-0.2, -0.15) is 0 Å². The van der Waals surface area contributed by atoms with Gasteiger partial charge in [0, 0.05) is 13.2 Å². The Hall–Kier alpha value is -0.810. The van der Waals surface area contributed by atoms with E-state index in [9.17, 15) is 5.11 Å². The van der Waals surface area contributed by atoms with Gasteiger partial charge in [-0.25, -0.2) is 0 Å². The van der Waals surface area contributed by atoms with E-state index in [4.69, 9.17) is 21.1 Å². The van der Waals surface area contributed by atoms with E-state index >= 15 is 0 Å². The van der Waals surface area contributed by atoms with E-state index < -0.39 is 6.10 Å². The third-order valence-electron chi connectivity index (χ3n) is 2.62. The Morgan fingerprint density at radius 2 is 2.05 bits per heavy atom. The molecule has 0 aliphatic heterocycles. The highest BCUT2D eigenvalue weighted by Crippen LogP contribution is 2.24. The average Bonchev–Trinajstić information content (AvgIpc) is 2.38. The summed E-state index contributed by atoms with van der Waals surface area (Å²) in [6.07, 6.45) is -0.572. The maximum atomic E-state index is 9.78. The summed E-state index contributed by atoms with van der Waals surface area (Å²) in [4.78, 5) is 0. The summed E-state index contributed by atoms with van der Waals surface area (Å²) in [5.41, 5.74) is 1.91. The van der Waals surface area contributed by atoms with Gasteiger partial charge >= 0.3 is 0 Å². The van der Waals surface area contributed by atoms with Crippen LogP contribution in [-0.4, -0.2) is 44.2 Å². The highest BCUT2D eigenvalue weighted by molar-refractivity contribution is 6.33. The van der Waals surface area contributed by atoms with Crippen LogP contribution in [-0.2, 0) is 9.47 Å². The fourth-order valence-electron chi connectivity index (χ4n) is 1.62. The van der Waals surface area contributed by atoms with Gasteiger partial charge in [0.25, 0.3) is 0 Å². The molecular weight excluding hydrogens is 266 g/mol. The Morgan fingerprint density at radius 1 is 1.32 bits per heavy atom. The van der Waals surface area contributed by atoms with Crippen molar-refractivity contribution in [2.24, 2.45) is 0 Å². The predicted octanol–water partition coefficient (Wildman–Crippen LogP) is 2.47. The predicted molar refractivity (Wildman–Crippen MR) is 78.0 cm³/mol. The number of aliphatic hydroxyl groups is 1. The highest BCUT2D eigenvalue weighted by atomic mass is 35.5. The molecule has 2 N–H and O–H groups in total. The monoisotopic (exact) mass is 287 g/mol. The standard InChI is InChI=1S/C14H22ClNO3/c1-3-18-7-8-19-10-12(17)9-16-14-11(2)5-4-6-13(14)15/h4-6,12,16-17H,3,7-10H2,1-2H3.